The van der Waals surface area contributed by atoms with Crippen LogP contribution in [0, 0.1) is 0 Å². The van der Waals surface area contributed by atoms with Crippen LogP contribution in [0.2, 0.25) is 0 Å². The molecule has 0 spiro atoms. The van der Waals surface area contributed by atoms with E-state index >= 15 is 0 Å². The van der Waals surface area contributed by atoms with Crippen LogP contribution in [0.4, 0.5) is 0 Å². The first-order chi connectivity index (χ1) is 10.8. The van der Waals surface area contributed by atoms with Gasteiger partial charge >= 0.3 is 23.6 Å². The first-order valence-corrected chi connectivity index (χ1v) is 10.8. The lowest BCUT2D eigenvalue weighted by atomic mass is 10.6. The number of alkyl halides is 1. The Labute approximate surface area is 145 Å². The van der Waals surface area contributed by atoms with Crippen LogP contribution in [-0.4, -0.2) is 77.5 Å². The molecule has 8 nitrogen and oxygen atoms in total. The molecule has 0 aromatic rings. The van der Waals surface area contributed by atoms with Crippen molar-refractivity contribution in [3.05, 3.63) is 12.7 Å². The molecule has 0 aliphatic heterocycles. The topological polar surface area (TPSA) is 81.7 Å². The summed E-state index contributed by atoms with van der Waals surface area (Å²) in [5.41, 5.74) is -0.274. The van der Waals surface area contributed by atoms with Crippen LogP contribution >= 0.6 is 11.6 Å². The highest BCUT2D eigenvalue weighted by Gasteiger charge is 2.47. The summed E-state index contributed by atoms with van der Waals surface area (Å²) in [6.07, 6.45) is 1.08. The summed E-state index contributed by atoms with van der Waals surface area (Å²) < 4.78 is 35.2. The zero-order valence-corrected chi connectivity index (χ0v) is 17.5. The number of hydrogen-bond acceptors (Lipinski definition) is 8. The molecule has 0 fully saturated rings. The van der Waals surface area contributed by atoms with Crippen molar-refractivity contribution in [1.82, 2.24) is 0 Å². The van der Waals surface area contributed by atoms with Gasteiger partial charge in [0.1, 0.15) is 0 Å². The summed E-state index contributed by atoms with van der Waals surface area (Å²) in [6, 6.07) is 0. The largest absolute Gasteiger partial charge is 0.543 e. The van der Waals surface area contributed by atoms with Gasteiger partial charge in [0.2, 0.25) is 0 Å². The molecule has 0 N–H and O–H groups in total. The number of esters is 1. The Morgan fingerprint density at radius 1 is 1.00 bits per heavy atom. The summed E-state index contributed by atoms with van der Waals surface area (Å²) in [4.78, 5) is 10.9. The van der Waals surface area contributed by atoms with Crippen LogP contribution in [0.25, 0.3) is 0 Å². The van der Waals surface area contributed by atoms with E-state index in [2.05, 4.69) is 6.58 Å². The third kappa shape index (κ3) is 7.87. The fourth-order valence-corrected chi connectivity index (χ4v) is 5.02. The van der Waals surface area contributed by atoms with Gasteiger partial charge in [0.05, 0.1) is 5.50 Å². The predicted molar refractivity (Wildman–Crippen MR) is 90.0 cm³/mol. The van der Waals surface area contributed by atoms with Crippen molar-refractivity contribution in [2.45, 2.75) is 12.7 Å². The van der Waals surface area contributed by atoms with Crippen molar-refractivity contribution in [2.75, 3.05) is 48.2 Å². The number of halogens is 1. The second-order valence-electron chi connectivity index (χ2n) is 3.93. The first-order valence-electron chi connectivity index (χ1n) is 6.50. The van der Waals surface area contributed by atoms with E-state index in [0.29, 0.717) is 0 Å². The number of carbonyl (C=O) groups excluding carboxylic acids is 1. The average molecular weight is 391 g/mol. The molecule has 0 aliphatic rings. The van der Waals surface area contributed by atoms with E-state index in [1.165, 1.54) is 42.7 Å². The van der Waals surface area contributed by atoms with Gasteiger partial charge in [-0.05, 0) is 6.92 Å². The zero-order chi connectivity index (χ0) is 18.5. The molecule has 1 atom stereocenters. The standard InChI is InChI=1S/C8H16O5Si.C4H11ClO3Si/c1-6-8(9)13-7(2)14(10-3,11-4)12-5;1-6-9(4-5,7-2)8-3/h6-7H,1H2,2-5H3;4H2,1-3H3. The van der Waals surface area contributed by atoms with Gasteiger partial charge < -0.3 is 31.3 Å². The van der Waals surface area contributed by atoms with Crippen molar-refractivity contribution in [2.24, 2.45) is 0 Å². The van der Waals surface area contributed by atoms with Gasteiger partial charge in [0, 0.05) is 48.7 Å². The Kier molecular flexibility index (Phi) is 14.1. The maximum Gasteiger partial charge on any atom is 0.543 e. The van der Waals surface area contributed by atoms with E-state index in [1.54, 1.807) is 6.92 Å². The molecular weight excluding hydrogens is 364 g/mol. The predicted octanol–water partition coefficient (Wildman–Crippen LogP) is 1.16. The molecule has 11 heteroatoms. The first kappa shape index (κ1) is 24.9. The van der Waals surface area contributed by atoms with Crippen LogP contribution < -0.4 is 0 Å². The Morgan fingerprint density at radius 3 is 1.57 bits per heavy atom. The van der Waals surface area contributed by atoms with E-state index in [-0.39, 0.29) is 5.50 Å². The SMILES string of the molecule is C=CC(=O)OC(C)[Si](OC)(OC)OC.CO[Si](CCl)(OC)OC. The fraction of sp³-hybridized carbons (Fsp3) is 0.750. The molecule has 0 saturated heterocycles. The summed E-state index contributed by atoms with van der Waals surface area (Å²) >= 11 is 5.51. The van der Waals surface area contributed by atoms with E-state index in [4.69, 9.17) is 42.9 Å². The molecular formula is C12H27ClO8Si2. The molecule has 138 valence electrons. The summed E-state index contributed by atoms with van der Waals surface area (Å²) in [7, 11) is 3.64. The van der Waals surface area contributed by atoms with Gasteiger partial charge in [-0.1, -0.05) is 6.58 Å². The van der Waals surface area contributed by atoms with Gasteiger partial charge in [0.15, 0.2) is 5.73 Å². The molecule has 0 bridgehead atoms. The van der Waals surface area contributed by atoms with Gasteiger partial charge in [0.25, 0.3) is 0 Å². The third-order valence-corrected chi connectivity index (χ3v) is 8.90. The summed E-state index contributed by atoms with van der Waals surface area (Å²) in [5.74, 6) is -0.527. The van der Waals surface area contributed by atoms with Crippen molar-refractivity contribution < 1.29 is 36.1 Å². The zero-order valence-electron chi connectivity index (χ0n) is 14.7. The fourth-order valence-electron chi connectivity index (χ4n) is 1.46. The van der Waals surface area contributed by atoms with Crippen molar-refractivity contribution in [1.29, 1.82) is 0 Å². The molecule has 0 saturated carbocycles. The molecule has 0 rings (SSSR count). The highest BCUT2D eigenvalue weighted by atomic mass is 35.5. The summed E-state index contributed by atoms with van der Waals surface area (Å²) in [5, 5.41) is 0. The molecule has 0 aromatic carbocycles. The summed E-state index contributed by atoms with van der Waals surface area (Å²) in [6.45, 7) is 4.95. The molecule has 0 radical (unpaired) electrons. The van der Waals surface area contributed by atoms with Crippen molar-refractivity contribution >= 4 is 35.2 Å². The quantitative estimate of drug-likeness (QED) is 0.238. The molecule has 0 aliphatic carbocycles. The van der Waals surface area contributed by atoms with Gasteiger partial charge in [-0.25, -0.2) is 4.79 Å². The van der Waals surface area contributed by atoms with E-state index in [1.807, 2.05) is 0 Å². The Hall–Kier alpha value is -0.306. The Bertz CT molecular complexity index is 311. The number of carbonyl (C=O) groups is 1. The lowest BCUT2D eigenvalue weighted by molar-refractivity contribution is -0.141. The smallest absolute Gasteiger partial charge is 0.455 e. The minimum atomic E-state index is -2.89. The van der Waals surface area contributed by atoms with Crippen LogP contribution in [0.15, 0.2) is 12.7 Å². The third-order valence-electron chi connectivity index (χ3n) is 2.91. The number of hydrogen-bond donors (Lipinski definition) is 0. The monoisotopic (exact) mass is 390 g/mol. The van der Waals surface area contributed by atoms with Crippen molar-refractivity contribution in [3.63, 3.8) is 0 Å². The molecule has 0 heterocycles. The van der Waals surface area contributed by atoms with Gasteiger partial charge in [-0.2, -0.15) is 0 Å². The van der Waals surface area contributed by atoms with Crippen LogP contribution in [0.1, 0.15) is 6.92 Å². The van der Waals surface area contributed by atoms with Gasteiger partial charge in [-0.3, -0.25) is 0 Å². The lowest BCUT2D eigenvalue weighted by Gasteiger charge is -2.29. The minimum Gasteiger partial charge on any atom is -0.455 e. The Balaban J connectivity index is 0. The maximum atomic E-state index is 10.9. The second-order valence-corrected chi connectivity index (χ2v) is 10.8. The van der Waals surface area contributed by atoms with E-state index < -0.39 is 29.3 Å². The molecule has 23 heavy (non-hydrogen) atoms. The Morgan fingerprint density at radius 2 is 1.39 bits per heavy atom. The molecule has 1 unspecified atom stereocenters. The highest BCUT2D eigenvalue weighted by Crippen LogP contribution is 2.14. The second kappa shape index (κ2) is 13.0. The highest BCUT2D eigenvalue weighted by molar-refractivity contribution is 6.68. The number of rotatable bonds is 10. The van der Waals surface area contributed by atoms with Crippen LogP contribution in [-0.2, 0) is 36.1 Å². The molecule has 0 aromatic heterocycles. The average Bonchev–Trinajstić information content (AvgIpc) is 2.60. The maximum absolute atomic E-state index is 10.9. The molecule has 0 amide bonds. The van der Waals surface area contributed by atoms with Crippen molar-refractivity contribution in [3.8, 4) is 0 Å². The minimum absolute atomic E-state index is 0.288. The normalized spacial score (nSPS) is 12.9. The van der Waals surface area contributed by atoms with E-state index in [0.717, 1.165) is 6.08 Å². The van der Waals surface area contributed by atoms with Crippen LogP contribution in [0.3, 0.4) is 0 Å². The van der Waals surface area contributed by atoms with Gasteiger partial charge in [-0.15, -0.1) is 11.6 Å². The number of ether oxygens (including phenoxy) is 1. The lowest BCUT2D eigenvalue weighted by Crippen LogP contribution is -2.54. The van der Waals surface area contributed by atoms with E-state index in [9.17, 15) is 4.79 Å². The van der Waals surface area contributed by atoms with Crippen LogP contribution in [0.5, 0.6) is 0 Å².